The number of non-ortho nitro benzene ring substituents is 1. The van der Waals surface area contributed by atoms with Crippen molar-refractivity contribution in [3.05, 3.63) is 74.8 Å². The largest absolute Gasteiger partial charge is 0.309 e. The van der Waals surface area contributed by atoms with Gasteiger partial charge < -0.3 is 5.32 Å². The third kappa shape index (κ3) is 3.65. The summed E-state index contributed by atoms with van der Waals surface area (Å²) in [6, 6.07) is 13.1. The maximum absolute atomic E-state index is 10.7. The maximum Gasteiger partial charge on any atom is 0.269 e. The van der Waals surface area contributed by atoms with Gasteiger partial charge in [-0.1, -0.05) is 35.9 Å². The lowest BCUT2D eigenvalue weighted by molar-refractivity contribution is -0.384. The molecule has 4 nitrogen and oxygen atoms in total. The van der Waals surface area contributed by atoms with E-state index in [0.717, 1.165) is 12.1 Å². The summed E-state index contributed by atoms with van der Waals surface area (Å²) >= 11 is 0. The Hall–Kier alpha value is -2.20. The average molecular weight is 270 g/mol. The second kappa shape index (κ2) is 6.30. The molecule has 104 valence electrons. The van der Waals surface area contributed by atoms with Crippen LogP contribution in [0.25, 0.3) is 0 Å². The normalized spacial score (nSPS) is 10.5. The second-order valence-corrected chi connectivity index (χ2v) is 4.96. The number of rotatable bonds is 5. The second-order valence-electron chi connectivity index (χ2n) is 4.96. The highest BCUT2D eigenvalue weighted by molar-refractivity contribution is 5.34. The number of nitro benzene ring substituents is 1. The van der Waals surface area contributed by atoms with E-state index in [1.807, 2.05) is 6.07 Å². The monoisotopic (exact) mass is 270 g/mol. The van der Waals surface area contributed by atoms with Crippen molar-refractivity contribution in [1.82, 2.24) is 5.32 Å². The van der Waals surface area contributed by atoms with Gasteiger partial charge in [-0.25, -0.2) is 0 Å². The third-order valence-corrected chi connectivity index (χ3v) is 3.26. The zero-order chi connectivity index (χ0) is 14.5. The Morgan fingerprint density at radius 2 is 1.90 bits per heavy atom. The highest BCUT2D eigenvalue weighted by Gasteiger charge is 2.05. The molecular weight excluding hydrogens is 252 g/mol. The molecule has 0 amide bonds. The molecule has 0 bridgehead atoms. The van der Waals surface area contributed by atoms with Gasteiger partial charge in [0.25, 0.3) is 5.69 Å². The lowest BCUT2D eigenvalue weighted by Crippen LogP contribution is -2.13. The lowest BCUT2D eigenvalue weighted by Gasteiger charge is -2.08. The zero-order valence-corrected chi connectivity index (χ0v) is 11.7. The minimum Gasteiger partial charge on any atom is -0.309 e. The fourth-order valence-electron chi connectivity index (χ4n) is 2.17. The molecule has 0 radical (unpaired) electrons. The maximum atomic E-state index is 10.7. The van der Waals surface area contributed by atoms with E-state index in [1.165, 1.54) is 22.8 Å². The van der Waals surface area contributed by atoms with Crippen LogP contribution in [0, 0.1) is 24.0 Å². The Kier molecular flexibility index (Phi) is 4.48. The summed E-state index contributed by atoms with van der Waals surface area (Å²) in [5, 5.41) is 14.0. The van der Waals surface area contributed by atoms with Crippen LogP contribution >= 0.6 is 0 Å². The molecule has 20 heavy (non-hydrogen) atoms. The van der Waals surface area contributed by atoms with Crippen molar-refractivity contribution in [3.63, 3.8) is 0 Å². The quantitative estimate of drug-likeness (QED) is 0.668. The Bertz CT molecular complexity index is 624. The van der Waals surface area contributed by atoms with Gasteiger partial charge in [-0.3, -0.25) is 10.1 Å². The first-order chi connectivity index (χ1) is 9.56. The van der Waals surface area contributed by atoms with Gasteiger partial charge in [0.05, 0.1) is 4.92 Å². The van der Waals surface area contributed by atoms with Crippen molar-refractivity contribution in [1.29, 1.82) is 0 Å². The van der Waals surface area contributed by atoms with Crippen molar-refractivity contribution in [2.75, 3.05) is 0 Å². The molecule has 1 N–H and O–H groups in total. The zero-order valence-electron chi connectivity index (χ0n) is 11.7. The molecule has 0 aliphatic rings. The minimum absolute atomic E-state index is 0.135. The molecule has 0 atom stereocenters. The van der Waals surface area contributed by atoms with Crippen LogP contribution in [-0.2, 0) is 13.1 Å². The number of hydrogen-bond donors (Lipinski definition) is 1. The fourth-order valence-corrected chi connectivity index (χ4v) is 2.17. The Morgan fingerprint density at radius 3 is 2.60 bits per heavy atom. The first-order valence-electron chi connectivity index (χ1n) is 6.56. The van der Waals surface area contributed by atoms with Gasteiger partial charge in [0, 0.05) is 25.2 Å². The van der Waals surface area contributed by atoms with Crippen molar-refractivity contribution in [3.8, 4) is 0 Å². The molecule has 0 saturated carbocycles. The van der Waals surface area contributed by atoms with Crippen LogP contribution in [-0.4, -0.2) is 4.92 Å². The molecule has 0 aliphatic carbocycles. The molecule has 2 rings (SSSR count). The predicted molar refractivity (Wildman–Crippen MR) is 79.6 cm³/mol. The number of nitrogens with one attached hydrogen (secondary N) is 1. The molecule has 0 fully saturated rings. The number of nitro groups is 1. The van der Waals surface area contributed by atoms with E-state index >= 15 is 0 Å². The number of aryl methyl sites for hydroxylation is 2. The molecule has 2 aromatic rings. The number of nitrogens with zero attached hydrogens (tertiary/aromatic N) is 1. The average Bonchev–Trinajstić information content (AvgIpc) is 2.41. The van der Waals surface area contributed by atoms with E-state index in [9.17, 15) is 10.1 Å². The molecule has 0 aromatic heterocycles. The van der Waals surface area contributed by atoms with Crippen LogP contribution in [0.4, 0.5) is 5.69 Å². The molecular formula is C16H18N2O2. The third-order valence-electron chi connectivity index (χ3n) is 3.26. The molecule has 2 aromatic carbocycles. The standard InChI is InChI=1S/C16H18N2O2/c1-12-6-7-15(13(2)8-12)11-17-10-14-4-3-5-16(9-14)18(19)20/h3-9,17H,10-11H2,1-2H3. The fraction of sp³-hybridized carbons (Fsp3) is 0.250. The summed E-state index contributed by atoms with van der Waals surface area (Å²) in [5.41, 5.74) is 4.82. The van der Waals surface area contributed by atoms with Crippen LogP contribution < -0.4 is 5.32 Å². The highest BCUT2D eigenvalue weighted by Crippen LogP contribution is 2.14. The molecule has 0 aliphatic heterocycles. The van der Waals surface area contributed by atoms with Crippen LogP contribution in [0.3, 0.4) is 0 Å². The van der Waals surface area contributed by atoms with Crippen molar-refractivity contribution >= 4 is 5.69 Å². The molecule has 0 spiro atoms. The van der Waals surface area contributed by atoms with Crippen LogP contribution in [0.1, 0.15) is 22.3 Å². The van der Waals surface area contributed by atoms with Crippen molar-refractivity contribution in [2.24, 2.45) is 0 Å². The summed E-state index contributed by atoms with van der Waals surface area (Å²) in [6.07, 6.45) is 0. The smallest absolute Gasteiger partial charge is 0.269 e. The summed E-state index contributed by atoms with van der Waals surface area (Å²) in [6.45, 7) is 5.55. The molecule has 0 unspecified atom stereocenters. The Balaban J connectivity index is 1.96. The van der Waals surface area contributed by atoms with Crippen LogP contribution in [0.15, 0.2) is 42.5 Å². The van der Waals surface area contributed by atoms with Crippen molar-refractivity contribution < 1.29 is 4.92 Å². The van der Waals surface area contributed by atoms with Crippen molar-refractivity contribution in [2.45, 2.75) is 26.9 Å². The summed E-state index contributed by atoms with van der Waals surface area (Å²) in [5.74, 6) is 0. The van der Waals surface area contributed by atoms with Gasteiger partial charge >= 0.3 is 0 Å². The number of benzene rings is 2. The predicted octanol–water partition coefficient (Wildman–Crippen LogP) is 3.50. The van der Waals surface area contributed by atoms with Crippen LogP contribution in [0.2, 0.25) is 0 Å². The van der Waals surface area contributed by atoms with E-state index in [0.29, 0.717) is 6.54 Å². The topological polar surface area (TPSA) is 55.2 Å². The molecule has 0 saturated heterocycles. The Morgan fingerprint density at radius 1 is 1.10 bits per heavy atom. The van der Waals surface area contributed by atoms with E-state index in [-0.39, 0.29) is 10.6 Å². The van der Waals surface area contributed by atoms with Crippen LogP contribution in [0.5, 0.6) is 0 Å². The highest BCUT2D eigenvalue weighted by atomic mass is 16.6. The van der Waals surface area contributed by atoms with Gasteiger partial charge in [0.2, 0.25) is 0 Å². The van der Waals surface area contributed by atoms with E-state index in [4.69, 9.17) is 0 Å². The number of hydrogen-bond acceptors (Lipinski definition) is 3. The molecule has 0 heterocycles. The summed E-state index contributed by atoms with van der Waals surface area (Å²) in [7, 11) is 0. The summed E-state index contributed by atoms with van der Waals surface area (Å²) in [4.78, 5) is 10.3. The first kappa shape index (κ1) is 14.2. The van der Waals surface area contributed by atoms with Gasteiger partial charge in [-0.15, -0.1) is 0 Å². The van der Waals surface area contributed by atoms with Gasteiger partial charge in [-0.05, 0) is 30.5 Å². The summed E-state index contributed by atoms with van der Waals surface area (Å²) < 4.78 is 0. The SMILES string of the molecule is Cc1ccc(CNCc2cccc([N+](=O)[O-])c2)c(C)c1. The van der Waals surface area contributed by atoms with E-state index < -0.39 is 0 Å². The van der Waals surface area contributed by atoms with Gasteiger partial charge in [0.15, 0.2) is 0 Å². The van der Waals surface area contributed by atoms with E-state index in [1.54, 1.807) is 12.1 Å². The lowest BCUT2D eigenvalue weighted by atomic mass is 10.1. The first-order valence-corrected chi connectivity index (χ1v) is 6.56. The van der Waals surface area contributed by atoms with E-state index in [2.05, 4.69) is 37.4 Å². The van der Waals surface area contributed by atoms with Gasteiger partial charge in [0.1, 0.15) is 0 Å². The Labute approximate surface area is 118 Å². The molecule has 4 heteroatoms. The van der Waals surface area contributed by atoms with Gasteiger partial charge in [-0.2, -0.15) is 0 Å². The minimum atomic E-state index is -0.367.